The highest BCUT2D eigenvalue weighted by Gasteiger charge is 2.21. The molecular formula is C19H14F2N2O2S. The monoisotopic (exact) mass is 372 g/mol. The summed E-state index contributed by atoms with van der Waals surface area (Å²) in [6, 6.07) is 10.7. The van der Waals surface area contributed by atoms with Gasteiger partial charge in [0.15, 0.2) is 10.9 Å². The van der Waals surface area contributed by atoms with Crippen LogP contribution in [0.1, 0.15) is 33.3 Å². The van der Waals surface area contributed by atoms with E-state index in [1.807, 2.05) is 31.2 Å². The molecule has 1 heterocycles. The molecule has 1 amide bonds. The summed E-state index contributed by atoms with van der Waals surface area (Å²) in [6.45, 7) is 3.29. The third-order valence-electron chi connectivity index (χ3n) is 3.65. The molecule has 3 rings (SSSR count). The first-order valence-corrected chi connectivity index (χ1v) is 8.52. The molecule has 0 saturated carbocycles. The van der Waals surface area contributed by atoms with Crippen molar-refractivity contribution >= 4 is 28.2 Å². The zero-order chi connectivity index (χ0) is 18.8. The molecule has 0 unspecified atom stereocenters. The molecule has 2 aromatic carbocycles. The number of nitrogens with one attached hydrogen (secondary N) is 1. The van der Waals surface area contributed by atoms with Gasteiger partial charge < -0.3 is 0 Å². The first-order valence-electron chi connectivity index (χ1n) is 7.71. The molecule has 132 valence electrons. The Morgan fingerprint density at radius 1 is 1.08 bits per heavy atom. The van der Waals surface area contributed by atoms with Gasteiger partial charge in [-0.1, -0.05) is 47.2 Å². The summed E-state index contributed by atoms with van der Waals surface area (Å²) in [5.74, 6) is -3.16. The molecule has 3 aromatic rings. The Labute approximate surface area is 152 Å². The summed E-state index contributed by atoms with van der Waals surface area (Å²) in [5, 5.41) is 2.47. The van der Waals surface area contributed by atoms with Crippen molar-refractivity contribution < 1.29 is 18.4 Å². The van der Waals surface area contributed by atoms with Gasteiger partial charge in [-0.05, 0) is 24.6 Å². The molecule has 0 aliphatic heterocycles. The summed E-state index contributed by atoms with van der Waals surface area (Å²) in [5.41, 5.74) is 1.30. The van der Waals surface area contributed by atoms with Crippen molar-refractivity contribution in [3.05, 3.63) is 70.9 Å². The minimum atomic E-state index is -0.968. The molecule has 0 atom stereocenters. The van der Waals surface area contributed by atoms with E-state index in [-0.39, 0.29) is 16.6 Å². The largest absolute Gasteiger partial charge is 0.298 e. The van der Waals surface area contributed by atoms with E-state index in [1.165, 1.54) is 13.0 Å². The Hall–Kier alpha value is -2.93. The maximum Gasteiger partial charge on any atom is 0.263 e. The number of aryl methyl sites for hydroxylation is 1. The van der Waals surface area contributed by atoms with Crippen molar-refractivity contribution in [3.8, 4) is 10.4 Å². The van der Waals surface area contributed by atoms with E-state index in [9.17, 15) is 18.4 Å². The van der Waals surface area contributed by atoms with Gasteiger partial charge in [0.25, 0.3) is 5.91 Å². The van der Waals surface area contributed by atoms with Crippen molar-refractivity contribution in [1.82, 2.24) is 4.98 Å². The number of rotatable bonds is 4. The Morgan fingerprint density at radius 2 is 1.73 bits per heavy atom. The highest BCUT2D eigenvalue weighted by atomic mass is 32.1. The van der Waals surface area contributed by atoms with Gasteiger partial charge in [0.05, 0.1) is 4.88 Å². The van der Waals surface area contributed by atoms with Crippen LogP contribution >= 0.6 is 11.3 Å². The average molecular weight is 372 g/mol. The highest BCUT2D eigenvalue weighted by Crippen LogP contribution is 2.34. The van der Waals surface area contributed by atoms with Crippen molar-refractivity contribution in [2.24, 2.45) is 0 Å². The molecule has 1 aromatic heterocycles. The van der Waals surface area contributed by atoms with Gasteiger partial charge >= 0.3 is 0 Å². The van der Waals surface area contributed by atoms with Crippen LogP contribution in [0.15, 0.2) is 42.5 Å². The van der Waals surface area contributed by atoms with E-state index >= 15 is 0 Å². The number of carbonyl (C=O) groups excluding carboxylic acids is 2. The molecule has 4 nitrogen and oxygen atoms in total. The number of Topliss-reactive ketones (excluding diaryl/α,β-unsaturated/α-hetero) is 1. The molecule has 1 N–H and O–H groups in total. The van der Waals surface area contributed by atoms with E-state index in [1.54, 1.807) is 0 Å². The second-order valence-electron chi connectivity index (χ2n) is 5.67. The second-order valence-corrected chi connectivity index (χ2v) is 6.67. The smallest absolute Gasteiger partial charge is 0.263 e. The van der Waals surface area contributed by atoms with Crippen LogP contribution < -0.4 is 5.32 Å². The van der Waals surface area contributed by atoms with Crippen LogP contribution in [0, 0.1) is 18.6 Å². The lowest BCUT2D eigenvalue weighted by molar-refractivity contribution is 0.100. The van der Waals surface area contributed by atoms with Crippen molar-refractivity contribution in [3.63, 3.8) is 0 Å². The molecule has 26 heavy (non-hydrogen) atoms. The first-order chi connectivity index (χ1) is 12.4. The van der Waals surface area contributed by atoms with Crippen LogP contribution in [0.4, 0.5) is 13.9 Å². The van der Waals surface area contributed by atoms with Gasteiger partial charge in [-0.15, -0.1) is 0 Å². The normalized spacial score (nSPS) is 10.6. The number of benzene rings is 2. The summed E-state index contributed by atoms with van der Waals surface area (Å²) < 4.78 is 27.5. The predicted octanol–water partition coefficient (Wildman–Crippen LogP) is 4.85. The lowest BCUT2D eigenvalue weighted by Gasteiger charge is -2.04. The number of amides is 1. The number of thiazole rings is 1. The van der Waals surface area contributed by atoms with Crippen molar-refractivity contribution in [2.45, 2.75) is 13.8 Å². The molecule has 0 radical (unpaired) electrons. The number of aromatic nitrogens is 1. The Bertz CT molecular complexity index is 994. The summed E-state index contributed by atoms with van der Waals surface area (Å²) in [7, 11) is 0. The summed E-state index contributed by atoms with van der Waals surface area (Å²) in [6.07, 6.45) is 0. The van der Waals surface area contributed by atoms with E-state index in [0.29, 0.717) is 4.88 Å². The summed E-state index contributed by atoms with van der Waals surface area (Å²) in [4.78, 5) is 28.9. The fourth-order valence-corrected chi connectivity index (χ4v) is 3.47. The van der Waals surface area contributed by atoms with Crippen LogP contribution in [0.25, 0.3) is 10.4 Å². The number of anilines is 1. The third kappa shape index (κ3) is 3.52. The van der Waals surface area contributed by atoms with E-state index in [0.717, 1.165) is 34.6 Å². The SMILES string of the molecule is CC(=O)c1nc(NC(=O)c2c(F)cccc2F)sc1-c1cccc(C)c1. The maximum absolute atomic E-state index is 13.8. The third-order valence-corrected chi connectivity index (χ3v) is 4.67. The fourth-order valence-electron chi connectivity index (χ4n) is 2.47. The standard InChI is InChI=1S/C19H14F2N2O2S/c1-10-5-3-6-12(9-10)17-16(11(2)24)22-19(26-17)23-18(25)15-13(20)7-4-8-14(15)21/h3-9H,1-2H3,(H,22,23,25). The number of hydrogen-bond acceptors (Lipinski definition) is 4. The van der Waals surface area contributed by atoms with Gasteiger partial charge in [0, 0.05) is 6.92 Å². The molecular weight excluding hydrogens is 358 g/mol. The minimum absolute atomic E-state index is 0.0966. The molecule has 0 bridgehead atoms. The maximum atomic E-state index is 13.8. The molecule has 7 heteroatoms. The van der Waals surface area contributed by atoms with E-state index < -0.39 is 23.1 Å². The summed E-state index contributed by atoms with van der Waals surface area (Å²) >= 11 is 1.08. The number of ketones is 1. The Kier molecular flexibility index (Phi) is 4.90. The zero-order valence-electron chi connectivity index (χ0n) is 14.0. The molecule has 0 fully saturated rings. The van der Waals surface area contributed by atoms with Gasteiger partial charge in [-0.3, -0.25) is 14.9 Å². The second kappa shape index (κ2) is 7.13. The van der Waals surface area contributed by atoms with Gasteiger partial charge in [0.1, 0.15) is 22.9 Å². The Morgan fingerprint density at radius 3 is 2.35 bits per heavy atom. The number of hydrogen-bond donors (Lipinski definition) is 1. The van der Waals surface area contributed by atoms with Crippen LogP contribution in [0.3, 0.4) is 0 Å². The minimum Gasteiger partial charge on any atom is -0.298 e. The average Bonchev–Trinajstić information content (AvgIpc) is 2.99. The topological polar surface area (TPSA) is 59.1 Å². The molecule has 0 aliphatic rings. The van der Waals surface area contributed by atoms with Crippen LogP contribution in [-0.2, 0) is 0 Å². The van der Waals surface area contributed by atoms with Crippen LogP contribution in [0.2, 0.25) is 0 Å². The van der Waals surface area contributed by atoms with Crippen molar-refractivity contribution in [2.75, 3.05) is 5.32 Å². The van der Waals surface area contributed by atoms with E-state index in [2.05, 4.69) is 10.3 Å². The van der Waals surface area contributed by atoms with E-state index in [4.69, 9.17) is 0 Å². The lowest BCUT2D eigenvalue weighted by atomic mass is 10.1. The molecule has 0 spiro atoms. The van der Waals surface area contributed by atoms with Gasteiger partial charge in [-0.2, -0.15) is 0 Å². The molecule has 0 aliphatic carbocycles. The first kappa shape index (κ1) is 17.9. The number of carbonyl (C=O) groups is 2. The predicted molar refractivity (Wildman–Crippen MR) is 96.6 cm³/mol. The zero-order valence-corrected chi connectivity index (χ0v) is 14.8. The lowest BCUT2D eigenvalue weighted by Crippen LogP contribution is -2.15. The molecule has 0 saturated heterocycles. The van der Waals surface area contributed by atoms with Gasteiger partial charge in [-0.25, -0.2) is 13.8 Å². The van der Waals surface area contributed by atoms with Crippen LogP contribution in [0.5, 0.6) is 0 Å². The fraction of sp³-hybridized carbons (Fsp3) is 0.105. The number of halogens is 2. The Balaban J connectivity index is 1.98. The number of nitrogens with zero attached hydrogens (tertiary/aromatic N) is 1. The van der Waals surface area contributed by atoms with Gasteiger partial charge in [0.2, 0.25) is 0 Å². The van der Waals surface area contributed by atoms with Crippen molar-refractivity contribution in [1.29, 1.82) is 0 Å². The quantitative estimate of drug-likeness (QED) is 0.666. The van der Waals surface area contributed by atoms with Crippen LogP contribution in [-0.4, -0.2) is 16.7 Å². The highest BCUT2D eigenvalue weighted by molar-refractivity contribution is 7.19.